The van der Waals surface area contributed by atoms with Crippen molar-refractivity contribution in [2.45, 2.75) is 36.9 Å². The summed E-state index contributed by atoms with van der Waals surface area (Å²) < 4.78 is 28.9. The van der Waals surface area contributed by atoms with Gasteiger partial charge in [0.25, 0.3) is 5.91 Å². The number of carbonyl (C=O) groups excluding carboxylic acids is 3. The third-order valence-electron chi connectivity index (χ3n) is 5.98. The van der Waals surface area contributed by atoms with Crippen LogP contribution >= 0.6 is 11.6 Å². The molecule has 0 unspecified atom stereocenters. The highest BCUT2D eigenvalue weighted by Crippen LogP contribution is 2.60. The van der Waals surface area contributed by atoms with Crippen molar-refractivity contribution in [3.8, 4) is 5.75 Å². The second kappa shape index (κ2) is 9.60. The van der Waals surface area contributed by atoms with E-state index in [0.29, 0.717) is 24.8 Å². The zero-order chi connectivity index (χ0) is 24.3. The van der Waals surface area contributed by atoms with E-state index in [1.54, 1.807) is 24.3 Å². The lowest BCUT2D eigenvalue weighted by Crippen LogP contribution is -2.84. The van der Waals surface area contributed by atoms with Crippen LogP contribution in [0.1, 0.15) is 35.2 Å². The van der Waals surface area contributed by atoms with Gasteiger partial charge in [0.2, 0.25) is 5.91 Å². The number of methoxy groups -OCH3 is 1. The van der Waals surface area contributed by atoms with Gasteiger partial charge in [-0.2, -0.15) is 0 Å². The maximum Gasteiger partial charge on any atom is 0.337 e. The number of hydrogen-bond donors (Lipinski definition) is 2. The maximum absolute atomic E-state index is 13.4. The van der Waals surface area contributed by atoms with Gasteiger partial charge >= 0.3 is 5.97 Å². The highest BCUT2D eigenvalue weighted by atomic mass is 35.5. The Hall–Kier alpha value is -3.17. The summed E-state index contributed by atoms with van der Waals surface area (Å²) in [5.41, 5.74) is 0.632. The van der Waals surface area contributed by atoms with Gasteiger partial charge in [0.1, 0.15) is 18.2 Å². The van der Waals surface area contributed by atoms with Gasteiger partial charge in [-0.1, -0.05) is 23.7 Å². The molecule has 3 aliphatic rings. The van der Waals surface area contributed by atoms with Crippen LogP contribution in [0.2, 0.25) is 5.02 Å². The molecular formula is C24H24ClFN2O6. The molecule has 2 amide bonds. The molecule has 180 valence electrons. The molecule has 10 heteroatoms. The summed E-state index contributed by atoms with van der Waals surface area (Å²) in [7, 11) is 1.32. The maximum atomic E-state index is 13.4. The highest BCUT2D eigenvalue weighted by molar-refractivity contribution is 6.30. The zero-order valence-corrected chi connectivity index (χ0v) is 19.2. The van der Waals surface area contributed by atoms with E-state index in [4.69, 9.17) is 21.1 Å². The summed E-state index contributed by atoms with van der Waals surface area (Å²) in [5, 5.41) is 5.90. The van der Waals surface area contributed by atoms with E-state index in [0.717, 1.165) is 11.6 Å². The summed E-state index contributed by atoms with van der Waals surface area (Å²) in [5.74, 6) is -1.34. The van der Waals surface area contributed by atoms with Crippen LogP contribution in [0.15, 0.2) is 42.5 Å². The Kier molecular flexibility index (Phi) is 6.77. The predicted molar refractivity (Wildman–Crippen MR) is 120 cm³/mol. The first kappa shape index (κ1) is 24.0. The second-order valence-electron chi connectivity index (χ2n) is 8.73. The van der Waals surface area contributed by atoms with E-state index in [1.807, 2.05) is 0 Å². The average molecular weight is 491 g/mol. The summed E-state index contributed by atoms with van der Waals surface area (Å²) in [6, 6.07) is 10.7. The SMILES string of the molecule is COC(=O)c1ccc(COCC(=O)NC23CC(NC(=O)COc4ccc(Cl)c(F)c4)(C2)C3)cc1. The fourth-order valence-corrected chi connectivity index (χ4v) is 4.67. The zero-order valence-electron chi connectivity index (χ0n) is 18.5. The molecule has 34 heavy (non-hydrogen) atoms. The second-order valence-corrected chi connectivity index (χ2v) is 9.14. The minimum absolute atomic E-state index is 0.0160. The number of benzene rings is 2. The highest BCUT2D eigenvalue weighted by Gasteiger charge is 2.69. The van der Waals surface area contributed by atoms with Gasteiger partial charge in [0.05, 0.1) is 24.3 Å². The molecule has 8 nitrogen and oxygen atoms in total. The van der Waals surface area contributed by atoms with E-state index in [-0.39, 0.29) is 53.5 Å². The van der Waals surface area contributed by atoms with Crippen LogP contribution in [0.25, 0.3) is 0 Å². The summed E-state index contributed by atoms with van der Waals surface area (Å²) >= 11 is 5.62. The molecule has 2 aromatic carbocycles. The number of ether oxygens (including phenoxy) is 3. The predicted octanol–water partition coefficient (Wildman–Crippen LogP) is 2.77. The third kappa shape index (κ3) is 5.31. The largest absolute Gasteiger partial charge is 0.484 e. The normalized spacial score (nSPS) is 22.1. The number of esters is 1. The van der Waals surface area contributed by atoms with E-state index in [9.17, 15) is 18.8 Å². The topological polar surface area (TPSA) is 103 Å². The molecule has 0 radical (unpaired) electrons. The third-order valence-corrected chi connectivity index (χ3v) is 6.28. The molecular weight excluding hydrogens is 467 g/mol. The number of carbonyl (C=O) groups is 3. The summed E-state index contributed by atoms with van der Waals surface area (Å²) in [6.45, 7) is -0.0959. The smallest absolute Gasteiger partial charge is 0.337 e. The van der Waals surface area contributed by atoms with Crippen LogP contribution in [0.5, 0.6) is 5.75 Å². The molecule has 0 saturated heterocycles. The minimum Gasteiger partial charge on any atom is -0.484 e. The molecule has 3 aliphatic carbocycles. The lowest BCUT2D eigenvalue weighted by molar-refractivity contribution is -0.152. The Morgan fingerprint density at radius 3 is 2.18 bits per heavy atom. The first-order chi connectivity index (χ1) is 16.2. The van der Waals surface area contributed by atoms with E-state index in [1.165, 1.54) is 19.2 Å². The number of halogens is 2. The van der Waals surface area contributed by atoms with Gasteiger partial charge in [-0.3, -0.25) is 9.59 Å². The van der Waals surface area contributed by atoms with Crippen molar-refractivity contribution < 1.29 is 33.0 Å². The minimum atomic E-state index is -0.614. The van der Waals surface area contributed by atoms with Crippen molar-refractivity contribution >= 4 is 29.4 Å². The molecule has 0 aromatic heterocycles. The van der Waals surface area contributed by atoms with Gasteiger partial charge in [0, 0.05) is 17.1 Å². The molecule has 3 fully saturated rings. The first-order valence-corrected chi connectivity index (χ1v) is 11.0. The van der Waals surface area contributed by atoms with Gasteiger partial charge in [-0.25, -0.2) is 9.18 Å². The van der Waals surface area contributed by atoms with E-state index in [2.05, 4.69) is 15.4 Å². The average Bonchev–Trinajstić information content (AvgIpc) is 2.77. The van der Waals surface area contributed by atoms with Crippen molar-refractivity contribution in [2.75, 3.05) is 20.3 Å². The van der Waals surface area contributed by atoms with Crippen LogP contribution in [-0.4, -0.2) is 49.2 Å². The summed E-state index contributed by atoms with van der Waals surface area (Å²) in [6.07, 6.45) is 1.92. The van der Waals surface area contributed by atoms with Crippen LogP contribution in [0.3, 0.4) is 0 Å². The van der Waals surface area contributed by atoms with Gasteiger partial charge in [-0.05, 0) is 49.1 Å². The van der Waals surface area contributed by atoms with E-state index >= 15 is 0 Å². The molecule has 2 aromatic rings. The van der Waals surface area contributed by atoms with Crippen molar-refractivity contribution in [3.63, 3.8) is 0 Å². The Morgan fingerprint density at radius 2 is 1.59 bits per heavy atom. The Balaban J connectivity index is 1.13. The Bertz CT molecular complexity index is 1090. The summed E-state index contributed by atoms with van der Waals surface area (Å²) in [4.78, 5) is 35.9. The molecule has 0 spiro atoms. The lowest BCUT2D eigenvalue weighted by atomic mass is 9.44. The molecule has 5 rings (SSSR count). The van der Waals surface area contributed by atoms with Crippen molar-refractivity contribution in [1.82, 2.24) is 10.6 Å². The van der Waals surface area contributed by atoms with E-state index < -0.39 is 11.8 Å². The molecule has 0 heterocycles. The van der Waals surface area contributed by atoms with Crippen molar-refractivity contribution in [2.24, 2.45) is 0 Å². The Morgan fingerprint density at radius 1 is 0.971 bits per heavy atom. The monoisotopic (exact) mass is 490 g/mol. The molecule has 0 aliphatic heterocycles. The van der Waals surface area contributed by atoms with Gasteiger partial charge in [0.15, 0.2) is 6.61 Å². The van der Waals surface area contributed by atoms with Crippen LogP contribution in [-0.2, 0) is 25.7 Å². The number of amides is 2. The molecule has 2 N–H and O–H groups in total. The molecule has 0 atom stereocenters. The molecule has 3 saturated carbocycles. The molecule has 2 bridgehead atoms. The quantitative estimate of drug-likeness (QED) is 0.496. The van der Waals surface area contributed by atoms with Crippen molar-refractivity contribution in [3.05, 3.63) is 64.4 Å². The Labute approximate surface area is 200 Å². The van der Waals surface area contributed by atoms with Crippen LogP contribution < -0.4 is 15.4 Å². The lowest BCUT2D eigenvalue weighted by Gasteiger charge is -2.70. The van der Waals surface area contributed by atoms with Crippen molar-refractivity contribution in [1.29, 1.82) is 0 Å². The number of rotatable bonds is 10. The van der Waals surface area contributed by atoms with Crippen LogP contribution in [0, 0.1) is 5.82 Å². The number of nitrogens with one attached hydrogen (secondary N) is 2. The van der Waals surface area contributed by atoms with Crippen LogP contribution in [0.4, 0.5) is 4.39 Å². The number of hydrogen-bond acceptors (Lipinski definition) is 6. The van der Waals surface area contributed by atoms with Gasteiger partial charge < -0.3 is 24.8 Å². The first-order valence-electron chi connectivity index (χ1n) is 10.7. The fraction of sp³-hybridized carbons (Fsp3) is 0.375. The van der Waals surface area contributed by atoms with Gasteiger partial charge in [-0.15, -0.1) is 0 Å². The fourth-order valence-electron chi connectivity index (χ4n) is 4.55. The standard InChI is InChI=1S/C24H24ClFN2O6/c1-32-22(31)16-4-2-15(3-5-16)9-33-10-20(29)27-23-12-24(13-23,14-23)28-21(30)11-34-17-6-7-18(25)19(26)8-17/h2-8H,9-14H2,1H3,(H,27,29)(H,28,30).